The molecule has 3 heteroatoms. The molecule has 2 rings (SSSR count). The van der Waals surface area contributed by atoms with Crippen molar-refractivity contribution in [2.24, 2.45) is 0 Å². The van der Waals surface area contributed by atoms with Gasteiger partial charge in [-0.05, 0) is 38.0 Å². The molecule has 0 amide bonds. The van der Waals surface area contributed by atoms with Crippen molar-refractivity contribution in [1.29, 1.82) is 0 Å². The maximum atomic E-state index is 5.78. The van der Waals surface area contributed by atoms with Gasteiger partial charge in [0.15, 0.2) is 0 Å². The van der Waals surface area contributed by atoms with Gasteiger partial charge >= 0.3 is 0 Å². The highest BCUT2D eigenvalue weighted by Gasteiger charge is 2.16. The molecule has 0 aromatic heterocycles. The summed E-state index contributed by atoms with van der Waals surface area (Å²) in [5.41, 5.74) is 1.40. The number of hydrogen-bond acceptors (Lipinski definition) is 3. The summed E-state index contributed by atoms with van der Waals surface area (Å²) < 4.78 is 5.78. The summed E-state index contributed by atoms with van der Waals surface area (Å²) >= 11 is 1.97. The molecule has 0 spiro atoms. The fourth-order valence-electron chi connectivity index (χ4n) is 2.30. The van der Waals surface area contributed by atoms with Gasteiger partial charge in [-0.25, -0.2) is 0 Å². The van der Waals surface area contributed by atoms with Crippen LogP contribution in [0.5, 0.6) is 5.75 Å². The van der Waals surface area contributed by atoms with Crippen LogP contribution in [0.2, 0.25) is 0 Å². The first-order valence-corrected chi connectivity index (χ1v) is 8.33. The van der Waals surface area contributed by atoms with Crippen molar-refractivity contribution in [3.05, 3.63) is 23.8 Å². The molecule has 0 radical (unpaired) electrons. The molecule has 1 unspecified atom stereocenters. The van der Waals surface area contributed by atoms with Gasteiger partial charge in [0.05, 0.1) is 6.10 Å². The minimum Gasteiger partial charge on any atom is -0.491 e. The van der Waals surface area contributed by atoms with Crippen molar-refractivity contribution in [3.63, 3.8) is 0 Å². The molecule has 1 atom stereocenters. The molecule has 0 saturated heterocycles. The molecule has 0 bridgehead atoms. The van der Waals surface area contributed by atoms with Crippen molar-refractivity contribution >= 4 is 11.8 Å². The first-order valence-electron chi connectivity index (χ1n) is 7.34. The van der Waals surface area contributed by atoms with Crippen LogP contribution < -0.4 is 10.1 Å². The largest absolute Gasteiger partial charge is 0.491 e. The van der Waals surface area contributed by atoms with Gasteiger partial charge in [0.1, 0.15) is 5.75 Å². The molecule has 1 aromatic rings. The maximum Gasteiger partial charge on any atom is 0.120 e. The van der Waals surface area contributed by atoms with Crippen LogP contribution in [0, 0.1) is 0 Å². The quantitative estimate of drug-likeness (QED) is 0.871. The molecular weight excluding hydrogens is 254 g/mol. The predicted octanol–water partition coefficient (Wildman–Crippen LogP) is 4.23. The van der Waals surface area contributed by atoms with Crippen LogP contribution in [0.15, 0.2) is 23.1 Å². The van der Waals surface area contributed by atoms with E-state index in [-0.39, 0.29) is 6.10 Å². The van der Waals surface area contributed by atoms with Crippen LogP contribution in [-0.2, 0) is 6.54 Å². The van der Waals surface area contributed by atoms with Gasteiger partial charge < -0.3 is 10.1 Å². The van der Waals surface area contributed by atoms with Crippen LogP contribution >= 0.6 is 11.8 Å². The molecule has 1 heterocycles. The van der Waals surface area contributed by atoms with E-state index in [1.54, 1.807) is 0 Å². The summed E-state index contributed by atoms with van der Waals surface area (Å²) in [5, 5.41) is 3.67. The van der Waals surface area contributed by atoms with Crippen molar-refractivity contribution < 1.29 is 4.74 Å². The summed E-state index contributed by atoms with van der Waals surface area (Å²) in [6.07, 6.45) is 4.12. The molecule has 1 aliphatic rings. The number of ether oxygens (including phenoxy) is 1. The Morgan fingerprint density at radius 2 is 2.26 bits per heavy atom. The van der Waals surface area contributed by atoms with E-state index < -0.39 is 0 Å². The predicted molar refractivity (Wildman–Crippen MR) is 83.1 cm³/mol. The van der Waals surface area contributed by atoms with E-state index in [9.17, 15) is 0 Å². The Morgan fingerprint density at radius 1 is 1.42 bits per heavy atom. The van der Waals surface area contributed by atoms with Crippen LogP contribution in [0.4, 0.5) is 0 Å². The van der Waals surface area contributed by atoms with E-state index in [0.717, 1.165) is 18.0 Å². The second-order valence-electron chi connectivity index (χ2n) is 5.47. The Labute approximate surface area is 121 Å². The zero-order chi connectivity index (χ0) is 13.7. The summed E-state index contributed by atoms with van der Waals surface area (Å²) in [6, 6.07) is 7.14. The average molecular weight is 279 g/mol. The minimum atomic E-state index is 0.240. The normalized spacial score (nSPS) is 19.1. The lowest BCUT2D eigenvalue weighted by Crippen LogP contribution is -2.29. The van der Waals surface area contributed by atoms with Gasteiger partial charge in [0.2, 0.25) is 0 Å². The van der Waals surface area contributed by atoms with Crippen LogP contribution in [-0.4, -0.2) is 17.9 Å². The molecule has 0 aliphatic carbocycles. The zero-order valence-corrected chi connectivity index (χ0v) is 13.1. The lowest BCUT2D eigenvalue weighted by atomic mass is 10.1. The maximum absolute atomic E-state index is 5.78. The second kappa shape index (κ2) is 7.20. The number of hydrogen-bond donors (Lipinski definition) is 1. The first-order chi connectivity index (χ1) is 9.19. The smallest absolute Gasteiger partial charge is 0.120 e. The molecular formula is C16H25NOS. The monoisotopic (exact) mass is 279 g/mol. The van der Waals surface area contributed by atoms with Crippen molar-refractivity contribution in [2.75, 3.05) is 5.75 Å². The van der Waals surface area contributed by atoms with Gasteiger partial charge in [-0.3, -0.25) is 0 Å². The number of unbranched alkanes of at least 4 members (excludes halogenated alkanes) is 1. The summed E-state index contributed by atoms with van der Waals surface area (Å²) in [7, 11) is 0. The highest BCUT2D eigenvalue weighted by Crippen LogP contribution is 2.31. The van der Waals surface area contributed by atoms with Crippen molar-refractivity contribution in [2.45, 2.75) is 63.6 Å². The molecule has 2 nitrogen and oxygen atoms in total. The lowest BCUT2D eigenvalue weighted by molar-refractivity contribution is 0.242. The van der Waals surface area contributed by atoms with Gasteiger partial charge in [0.25, 0.3) is 0 Å². The molecule has 0 saturated carbocycles. The molecule has 19 heavy (non-hydrogen) atoms. The number of thioether (sulfide) groups is 1. The van der Waals surface area contributed by atoms with Gasteiger partial charge in [0, 0.05) is 23.2 Å². The fraction of sp³-hybridized carbons (Fsp3) is 0.625. The molecule has 1 aromatic carbocycles. The van der Waals surface area contributed by atoms with E-state index in [1.807, 2.05) is 11.8 Å². The standard InChI is InChI=1S/C16H25NOS/c1-4-5-6-14-11-19-16-9-15(18-12(2)3)8-7-13(16)10-17-14/h7-9,12,14,17H,4-6,10-11H2,1-3H3. The van der Waals surface area contributed by atoms with Gasteiger partial charge in [-0.15, -0.1) is 11.8 Å². The van der Waals surface area contributed by atoms with E-state index >= 15 is 0 Å². The minimum absolute atomic E-state index is 0.240. The number of nitrogens with one attached hydrogen (secondary N) is 1. The third-order valence-electron chi connectivity index (χ3n) is 3.34. The summed E-state index contributed by atoms with van der Waals surface area (Å²) in [5.74, 6) is 2.16. The van der Waals surface area contributed by atoms with Crippen LogP contribution in [0.3, 0.4) is 0 Å². The first kappa shape index (κ1) is 14.7. The number of benzene rings is 1. The topological polar surface area (TPSA) is 21.3 Å². The SMILES string of the molecule is CCCCC1CSc2cc(OC(C)C)ccc2CN1. The molecule has 1 aliphatic heterocycles. The van der Waals surface area contributed by atoms with Gasteiger partial charge in [-0.2, -0.15) is 0 Å². The Kier molecular flexibility index (Phi) is 5.59. The van der Waals surface area contributed by atoms with Crippen LogP contribution in [0.1, 0.15) is 45.6 Å². The fourth-order valence-corrected chi connectivity index (χ4v) is 3.49. The molecule has 0 fully saturated rings. The highest BCUT2D eigenvalue weighted by atomic mass is 32.2. The van der Waals surface area contributed by atoms with E-state index in [2.05, 4.69) is 44.3 Å². The summed E-state index contributed by atoms with van der Waals surface area (Å²) in [4.78, 5) is 1.38. The Hall–Kier alpha value is -0.670. The van der Waals surface area contributed by atoms with Crippen molar-refractivity contribution in [1.82, 2.24) is 5.32 Å². The van der Waals surface area contributed by atoms with E-state index in [4.69, 9.17) is 4.74 Å². The zero-order valence-electron chi connectivity index (χ0n) is 12.2. The van der Waals surface area contributed by atoms with Crippen molar-refractivity contribution in [3.8, 4) is 5.75 Å². The Bertz CT molecular complexity index is 406. The summed E-state index contributed by atoms with van der Waals surface area (Å²) in [6.45, 7) is 7.38. The number of fused-ring (bicyclic) bond motifs is 1. The average Bonchev–Trinajstić information content (AvgIpc) is 2.58. The lowest BCUT2D eigenvalue weighted by Gasteiger charge is -2.14. The van der Waals surface area contributed by atoms with Gasteiger partial charge in [-0.1, -0.05) is 25.8 Å². The van der Waals surface area contributed by atoms with Crippen LogP contribution in [0.25, 0.3) is 0 Å². The number of rotatable bonds is 5. The molecule has 1 N–H and O–H groups in total. The third kappa shape index (κ3) is 4.43. The highest BCUT2D eigenvalue weighted by molar-refractivity contribution is 7.99. The second-order valence-corrected chi connectivity index (χ2v) is 6.53. The third-order valence-corrected chi connectivity index (χ3v) is 4.60. The Morgan fingerprint density at radius 3 is 3.00 bits per heavy atom. The van der Waals surface area contributed by atoms with E-state index in [0.29, 0.717) is 6.04 Å². The molecule has 106 valence electrons. The van der Waals surface area contributed by atoms with E-state index in [1.165, 1.54) is 29.7 Å². The Balaban J connectivity index is 2.01.